The Hall–Kier alpha value is -0.150. The lowest BCUT2D eigenvalue weighted by atomic mass is 10.1. The monoisotopic (exact) mass is 245 g/mol. The maximum Gasteiger partial charge on any atom is 0.0727 e. The zero-order chi connectivity index (χ0) is 12.1. The minimum atomic E-state index is 0.665. The van der Waals surface area contributed by atoms with E-state index in [-0.39, 0.29) is 0 Å². The van der Waals surface area contributed by atoms with E-state index in [1.165, 1.54) is 57.8 Å². The highest BCUT2D eigenvalue weighted by Crippen LogP contribution is 2.10. The summed E-state index contributed by atoms with van der Waals surface area (Å²) in [5.74, 6) is 0. The first-order chi connectivity index (χ1) is 7.77. The highest BCUT2D eigenvalue weighted by atomic mass is 32.1. The molecular weight excluding hydrogens is 218 g/mol. The molecule has 0 bridgehead atoms. The number of thiocarbonyl (C=S) groups is 1. The van der Waals surface area contributed by atoms with Crippen LogP contribution in [0.3, 0.4) is 0 Å². The Labute approximate surface area is 106 Å². The van der Waals surface area contributed by atoms with Crippen molar-refractivity contribution < 1.29 is 4.74 Å². The maximum absolute atomic E-state index is 5.43. The summed E-state index contributed by atoms with van der Waals surface area (Å²) < 4.78 is 5.01. The van der Waals surface area contributed by atoms with Crippen LogP contribution in [-0.4, -0.2) is 18.7 Å². The largest absolute Gasteiger partial charge is 0.393 e. The smallest absolute Gasteiger partial charge is 0.0727 e. The highest BCUT2D eigenvalue weighted by molar-refractivity contribution is 7.80. The van der Waals surface area contributed by atoms with Crippen LogP contribution in [-0.2, 0) is 4.74 Å². The zero-order valence-corrected chi connectivity index (χ0v) is 11.5. The van der Waals surface area contributed by atoms with Crippen LogP contribution in [0.2, 0.25) is 0 Å². The van der Waals surface area contributed by atoms with Gasteiger partial charge < -0.3 is 10.5 Å². The van der Waals surface area contributed by atoms with Gasteiger partial charge in [-0.15, -0.1) is 0 Å². The molecule has 0 heterocycles. The van der Waals surface area contributed by atoms with Gasteiger partial charge in [-0.2, -0.15) is 0 Å². The molecule has 0 radical (unpaired) electrons. The van der Waals surface area contributed by atoms with Gasteiger partial charge in [-0.05, 0) is 19.3 Å². The summed E-state index contributed by atoms with van der Waals surface area (Å²) in [6, 6.07) is 0. The van der Waals surface area contributed by atoms with Crippen molar-refractivity contribution >= 4 is 17.2 Å². The number of hydrogen-bond donors (Lipinski definition) is 1. The molecule has 0 aliphatic heterocycles. The Morgan fingerprint density at radius 2 is 1.31 bits per heavy atom. The summed E-state index contributed by atoms with van der Waals surface area (Å²) in [5, 5.41) is 0. The quantitative estimate of drug-likeness (QED) is 0.419. The normalized spacial score (nSPS) is 10.6. The van der Waals surface area contributed by atoms with Crippen LogP contribution in [0, 0.1) is 0 Å². The van der Waals surface area contributed by atoms with E-state index < -0.39 is 0 Å². The molecule has 96 valence electrons. The predicted molar refractivity (Wildman–Crippen MR) is 74.8 cm³/mol. The molecule has 0 unspecified atom stereocenters. The second-order valence-electron chi connectivity index (χ2n) is 4.39. The van der Waals surface area contributed by atoms with E-state index in [0.717, 1.165) is 13.0 Å². The van der Waals surface area contributed by atoms with Crippen LogP contribution < -0.4 is 5.73 Å². The molecule has 2 N–H and O–H groups in total. The molecule has 2 nitrogen and oxygen atoms in total. The number of nitrogens with two attached hydrogens (primary N) is 1. The highest BCUT2D eigenvalue weighted by Gasteiger charge is 1.93. The van der Waals surface area contributed by atoms with Crippen molar-refractivity contribution in [3.63, 3.8) is 0 Å². The second kappa shape index (κ2) is 12.9. The topological polar surface area (TPSA) is 35.2 Å². The van der Waals surface area contributed by atoms with Crippen molar-refractivity contribution in [2.24, 2.45) is 5.73 Å². The second-order valence-corrected chi connectivity index (χ2v) is 4.92. The van der Waals surface area contributed by atoms with Crippen LogP contribution in [0.1, 0.15) is 64.2 Å². The van der Waals surface area contributed by atoms with E-state index in [2.05, 4.69) is 0 Å². The van der Waals surface area contributed by atoms with Gasteiger partial charge in [-0.1, -0.05) is 57.2 Å². The Bertz CT molecular complexity index is 162. The van der Waals surface area contributed by atoms with E-state index in [1.807, 2.05) is 0 Å². The lowest BCUT2D eigenvalue weighted by Gasteiger charge is -2.02. The predicted octanol–water partition coefficient (Wildman–Crippen LogP) is 3.82. The van der Waals surface area contributed by atoms with E-state index in [4.69, 9.17) is 22.7 Å². The van der Waals surface area contributed by atoms with Crippen molar-refractivity contribution in [3.05, 3.63) is 0 Å². The fraction of sp³-hybridized carbons (Fsp3) is 0.923. The van der Waals surface area contributed by atoms with Crippen LogP contribution >= 0.6 is 12.2 Å². The molecule has 0 saturated heterocycles. The average molecular weight is 245 g/mol. The molecule has 0 aromatic carbocycles. The van der Waals surface area contributed by atoms with Crippen LogP contribution in [0.4, 0.5) is 0 Å². The molecular formula is C13H27NOS. The summed E-state index contributed by atoms with van der Waals surface area (Å²) in [6.07, 6.45) is 12.7. The van der Waals surface area contributed by atoms with E-state index in [9.17, 15) is 0 Å². The molecule has 0 saturated carbocycles. The maximum atomic E-state index is 5.43. The number of ether oxygens (including phenoxy) is 1. The molecule has 0 amide bonds. The first kappa shape index (κ1) is 15.9. The third-order valence-electron chi connectivity index (χ3n) is 2.77. The van der Waals surface area contributed by atoms with Gasteiger partial charge in [0.25, 0.3) is 0 Å². The van der Waals surface area contributed by atoms with Gasteiger partial charge in [0.2, 0.25) is 0 Å². The summed E-state index contributed by atoms with van der Waals surface area (Å²) in [7, 11) is 1.77. The van der Waals surface area contributed by atoms with E-state index >= 15 is 0 Å². The lowest BCUT2D eigenvalue weighted by molar-refractivity contribution is 0.192. The van der Waals surface area contributed by atoms with Crippen molar-refractivity contribution in [2.45, 2.75) is 64.2 Å². The van der Waals surface area contributed by atoms with E-state index in [0.29, 0.717) is 4.99 Å². The summed E-state index contributed by atoms with van der Waals surface area (Å²) >= 11 is 4.83. The molecule has 0 atom stereocenters. The van der Waals surface area contributed by atoms with Gasteiger partial charge in [0.05, 0.1) is 4.99 Å². The molecule has 0 aliphatic rings. The minimum absolute atomic E-state index is 0.665. The van der Waals surface area contributed by atoms with Crippen LogP contribution in [0.5, 0.6) is 0 Å². The number of methoxy groups -OCH3 is 1. The summed E-state index contributed by atoms with van der Waals surface area (Å²) in [6.45, 7) is 0.916. The SMILES string of the molecule is COCCCCCCCCCCCC(N)=S. The lowest BCUT2D eigenvalue weighted by Crippen LogP contribution is -2.06. The van der Waals surface area contributed by atoms with Gasteiger partial charge >= 0.3 is 0 Å². The van der Waals surface area contributed by atoms with Crippen LogP contribution in [0.25, 0.3) is 0 Å². The Kier molecular flexibility index (Phi) is 12.8. The Balaban J connectivity index is 2.90. The number of hydrogen-bond acceptors (Lipinski definition) is 2. The van der Waals surface area contributed by atoms with Crippen molar-refractivity contribution in [1.82, 2.24) is 0 Å². The first-order valence-corrected chi connectivity index (χ1v) is 6.95. The van der Waals surface area contributed by atoms with E-state index in [1.54, 1.807) is 7.11 Å². The third-order valence-corrected chi connectivity index (χ3v) is 2.98. The summed E-state index contributed by atoms with van der Waals surface area (Å²) in [5.41, 5.74) is 5.43. The molecule has 0 aliphatic carbocycles. The zero-order valence-electron chi connectivity index (χ0n) is 10.7. The van der Waals surface area contributed by atoms with Gasteiger partial charge in [0, 0.05) is 13.7 Å². The molecule has 3 heteroatoms. The number of unbranched alkanes of at least 4 members (excludes halogenated alkanes) is 8. The Morgan fingerprint density at radius 3 is 1.75 bits per heavy atom. The van der Waals surface area contributed by atoms with Crippen molar-refractivity contribution in [3.8, 4) is 0 Å². The summed E-state index contributed by atoms with van der Waals surface area (Å²) in [4.78, 5) is 0.665. The number of rotatable bonds is 12. The Morgan fingerprint density at radius 1 is 0.875 bits per heavy atom. The fourth-order valence-electron chi connectivity index (χ4n) is 1.78. The van der Waals surface area contributed by atoms with Crippen molar-refractivity contribution in [2.75, 3.05) is 13.7 Å². The molecule has 0 aromatic heterocycles. The first-order valence-electron chi connectivity index (χ1n) is 6.54. The fourth-order valence-corrected chi connectivity index (χ4v) is 1.93. The van der Waals surface area contributed by atoms with Crippen LogP contribution in [0.15, 0.2) is 0 Å². The average Bonchev–Trinajstić information content (AvgIpc) is 2.25. The van der Waals surface area contributed by atoms with Crippen molar-refractivity contribution in [1.29, 1.82) is 0 Å². The van der Waals surface area contributed by atoms with Gasteiger partial charge in [-0.25, -0.2) is 0 Å². The molecule has 0 rings (SSSR count). The van der Waals surface area contributed by atoms with Gasteiger partial charge in [-0.3, -0.25) is 0 Å². The molecule has 0 aromatic rings. The molecule has 0 spiro atoms. The standard InChI is InChI=1S/C13H27NOS/c1-15-12-10-8-6-4-2-3-5-7-9-11-13(14)16/h2-12H2,1H3,(H2,14,16). The molecule has 0 fully saturated rings. The molecule has 16 heavy (non-hydrogen) atoms. The minimum Gasteiger partial charge on any atom is -0.393 e. The third kappa shape index (κ3) is 13.8. The van der Waals surface area contributed by atoms with Gasteiger partial charge in [0.15, 0.2) is 0 Å². The van der Waals surface area contributed by atoms with Gasteiger partial charge in [0.1, 0.15) is 0 Å².